The van der Waals surface area contributed by atoms with Crippen molar-refractivity contribution in [2.75, 3.05) is 0 Å². The Labute approximate surface area is 177 Å². The molecule has 0 bridgehead atoms. The lowest BCUT2D eigenvalue weighted by molar-refractivity contribution is 0.273. The Bertz CT molecular complexity index is 1380. The van der Waals surface area contributed by atoms with E-state index in [1.165, 1.54) is 0 Å². The molecule has 10 heteroatoms. The van der Waals surface area contributed by atoms with Gasteiger partial charge in [-0.25, -0.2) is 9.67 Å². The smallest absolute Gasteiger partial charge is 0.263 e. The topological polar surface area (TPSA) is 139 Å². The Morgan fingerprint density at radius 3 is 2.68 bits per heavy atom. The summed E-state index contributed by atoms with van der Waals surface area (Å²) in [4.78, 5) is 24.9. The number of pyridine rings is 1. The second-order valence-corrected chi connectivity index (χ2v) is 7.91. The van der Waals surface area contributed by atoms with Crippen LogP contribution in [0, 0.1) is 25.2 Å². The van der Waals surface area contributed by atoms with Crippen molar-refractivity contribution < 1.29 is 4.42 Å². The van der Waals surface area contributed by atoms with Gasteiger partial charge in [0.25, 0.3) is 5.56 Å². The van der Waals surface area contributed by atoms with Crippen molar-refractivity contribution >= 4 is 11.0 Å². The van der Waals surface area contributed by atoms with E-state index in [4.69, 9.17) is 9.40 Å². The number of nitrogens with zero attached hydrogens (tertiary/aromatic N) is 7. The van der Waals surface area contributed by atoms with Gasteiger partial charge < -0.3 is 9.40 Å². The van der Waals surface area contributed by atoms with Gasteiger partial charge in [-0.1, -0.05) is 6.07 Å². The number of aryl methyl sites for hydroxylation is 2. The van der Waals surface area contributed by atoms with Crippen LogP contribution in [0.3, 0.4) is 0 Å². The zero-order valence-corrected chi connectivity index (χ0v) is 17.3. The van der Waals surface area contributed by atoms with E-state index < -0.39 is 0 Å². The predicted octanol–water partition coefficient (Wildman–Crippen LogP) is 2.66. The Hall–Kier alpha value is -3.87. The van der Waals surface area contributed by atoms with E-state index in [0.717, 1.165) is 24.1 Å². The van der Waals surface area contributed by atoms with Crippen LogP contribution in [-0.4, -0.2) is 34.9 Å². The molecule has 3 unspecified atom stereocenters. The van der Waals surface area contributed by atoms with Crippen molar-refractivity contribution in [3.05, 3.63) is 63.2 Å². The molecular formula is C21H20N8O2. The zero-order chi connectivity index (χ0) is 21.7. The third kappa shape index (κ3) is 3.09. The number of rotatable bonds is 4. The van der Waals surface area contributed by atoms with Crippen LogP contribution in [-0.2, 0) is 0 Å². The van der Waals surface area contributed by atoms with Crippen molar-refractivity contribution in [3.63, 3.8) is 0 Å². The van der Waals surface area contributed by atoms with Gasteiger partial charge in [-0.3, -0.25) is 9.78 Å². The summed E-state index contributed by atoms with van der Waals surface area (Å²) in [7, 11) is 0. The van der Waals surface area contributed by atoms with E-state index >= 15 is 0 Å². The van der Waals surface area contributed by atoms with Gasteiger partial charge in [0.1, 0.15) is 17.3 Å². The molecule has 0 saturated heterocycles. The maximum absolute atomic E-state index is 12.9. The monoisotopic (exact) mass is 416 g/mol. The molecule has 0 amide bonds. The van der Waals surface area contributed by atoms with Gasteiger partial charge in [0.2, 0.25) is 11.8 Å². The van der Waals surface area contributed by atoms with Crippen molar-refractivity contribution in [3.8, 4) is 6.07 Å². The fraction of sp³-hybridized carbons (Fsp3) is 0.381. The molecule has 1 saturated carbocycles. The summed E-state index contributed by atoms with van der Waals surface area (Å²) in [6, 6.07) is 5.64. The Morgan fingerprint density at radius 1 is 1.26 bits per heavy atom. The SMILES string of the molecule is Cc1ccc(C(C)n2nc(C#N)c3c(=O)[nH]c(C4CCC4c4nnc(C)o4)nc32)cn1. The highest BCUT2D eigenvalue weighted by Gasteiger charge is 2.39. The van der Waals surface area contributed by atoms with Crippen molar-refractivity contribution in [1.29, 1.82) is 5.26 Å². The molecule has 10 nitrogen and oxygen atoms in total. The van der Waals surface area contributed by atoms with E-state index in [1.54, 1.807) is 17.8 Å². The van der Waals surface area contributed by atoms with Crippen molar-refractivity contribution in [2.24, 2.45) is 0 Å². The summed E-state index contributed by atoms with van der Waals surface area (Å²) < 4.78 is 7.23. The normalized spacial score (nSPS) is 19.2. The van der Waals surface area contributed by atoms with Crippen LogP contribution in [0.5, 0.6) is 0 Å². The lowest BCUT2D eigenvalue weighted by atomic mass is 9.73. The molecule has 1 aliphatic carbocycles. The third-order valence-electron chi connectivity index (χ3n) is 5.95. The lowest BCUT2D eigenvalue weighted by Crippen LogP contribution is -2.27. The molecule has 0 aromatic carbocycles. The van der Waals surface area contributed by atoms with Crippen molar-refractivity contribution in [2.45, 2.75) is 51.5 Å². The summed E-state index contributed by atoms with van der Waals surface area (Å²) in [6.45, 7) is 5.61. The molecule has 156 valence electrons. The van der Waals surface area contributed by atoms with E-state index in [1.807, 2.05) is 32.0 Å². The molecular weight excluding hydrogens is 396 g/mol. The largest absolute Gasteiger partial charge is 0.425 e. The third-order valence-corrected chi connectivity index (χ3v) is 5.95. The average Bonchev–Trinajstić information content (AvgIpc) is 3.31. The quantitative estimate of drug-likeness (QED) is 0.535. The molecule has 31 heavy (non-hydrogen) atoms. The molecule has 1 N–H and O–H groups in total. The number of nitrogens with one attached hydrogen (secondary N) is 1. The Balaban J connectivity index is 1.61. The maximum atomic E-state index is 12.9. The second kappa shape index (κ2) is 7.12. The molecule has 1 aliphatic rings. The number of H-pyrrole nitrogens is 1. The van der Waals surface area contributed by atoms with Gasteiger partial charge in [0.15, 0.2) is 11.3 Å². The lowest BCUT2D eigenvalue weighted by Gasteiger charge is -2.32. The van der Waals surface area contributed by atoms with E-state index in [2.05, 4.69) is 25.3 Å². The minimum atomic E-state index is -0.371. The van der Waals surface area contributed by atoms with Gasteiger partial charge >= 0.3 is 0 Å². The van der Waals surface area contributed by atoms with Crippen LogP contribution in [0.15, 0.2) is 27.5 Å². The molecule has 0 radical (unpaired) electrons. The molecule has 4 aromatic heterocycles. The van der Waals surface area contributed by atoms with Gasteiger partial charge in [-0.15, -0.1) is 10.2 Å². The average molecular weight is 416 g/mol. The number of hydrogen-bond donors (Lipinski definition) is 1. The molecule has 0 aliphatic heterocycles. The molecule has 4 aromatic rings. The fourth-order valence-corrected chi connectivity index (χ4v) is 4.04. The van der Waals surface area contributed by atoms with Crippen LogP contribution in [0.4, 0.5) is 0 Å². The maximum Gasteiger partial charge on any atom is 0.263 e. The summed E-state index contributed by atoms with van der Waals surface area (Å²) >= 11 is 0. The standard InChI is InChI=1S/C21H20N8O2/c1-10-4-5-13(9-23-10)11(2)29-19-17(16(8-22)28-29)20(30)25-18(24-19)14-6-7-15(14)21-27-26-12(3)31-21/h4-5,9,11,14-15H,6-7H2,1-3H3,(H,24,25,30). The predicted molar refractivity (Wildman–Crippen MR) is 109 cm³/mol. The van der Waals surface area contributed by atoms with Gasteiger partial charge in [0.05, 0.1) is 6.04 Å². The Kier molecular flexibility index (Phi) is 4.39. The van der Waals surface area contributed by atoms with Crippen LogP contribution in [0.2, 0.25) is 0 Å². The highest BCUT2D eigenvalue weighted by Crippen LogP contribution is 2.47. The van der Waals surface area contributed by atoms with Crippen LogP contribution >= 0.6 is 0 Å². The summed E-state index contributed by atoms with van der Waals surface area (Å²) in [5.74, 6) is 1.58. The fourth-order valence-electron chi connectivity index (χ4n) is 4.04. The van der Waals surface area contributed by atoms with E-state index in [0.29, 0.717) is 23.3 Å². The molecule has 0 spiro atoms. The molecule has 1 fully saturated rings. The van der Waals surface area contributed by atoms with Gasteiger partial charge in [-0.2, -0.15) is 10.4 Å². The Morgan fingerprint density at radius 2 is 2.06 bits per heavy atom. The number of aromatic nitrogens is 7. The zero-order valence-electron chi connectivity index (χ0n) is 17.3. The number of aromatic amines is 1. The first-order chi connectivity index (χ1) is 15.0. The number of fused-ring (bicyclic) bond motifs is 1. The molecule has 4 heterocycles. The molecule has 5 rings (SSSR count). The van der Waals surface area contributed by atoms with Crippen LogP contribution in [0.25, 0.3) is 11.0 Å². The van der Waals surface area contributed by atoms with Gasteiger partial charge in [0, 0.05) is 30.7 Å². The highest BCUT2D eigenvalue weighted by atomic mass is 16.4. The first kappa shape index (κ1) is 19.1. The minimum Gasteiger partial charge on any atom is -0.425 e. The second-order valence-electron chi connectivity index (χ2n) is 7.91. The first-order valence-electron chi connectivity index (χ1n) is 10.1. The summed E-state index contributed by atoms with van der Waals surface area (Å²) in [5.41, 5.74) is 1.88. The van der Waals surface area contributed by atoms with Crippen LogP contribution < -0.4 is 5.56 Å². The highest BCUT2D eigenvalue weighted by molar-refractivity contribution is 5.80. The van der Waals surface area contributed by atoms with Crippen molar-refractivity contribution in [1.82, 2.24) is 34.9 Å². The number of nitriles is 1. The first-order valence-corrected chi connectivity index (χ1v) is 10.1. The summed E-state index contributed by atoms with van der Waals surface area (Å²) in [6.07, 6.45) is 3.49. The number of hydrogen-bond acceptors (Lipinski definition) is 8. The van der Waals surface area contributed by atoms with E-state index in [9.17, 15) is 10.1 Å². The minimum absolute atomic E-state index is 0.00679. The molecule has 3 atom stereocenters. The van der Waals surface area contributed by atoms with Gasteiger partial charge in [-0.05, 0) is 38.3 Å². The van der Waals surface area contributed by atoms with E-state index in [-0.39, 0.29) is 34.5 Å². The summed E-state index contributed by atoms with van der Waals surface area (Å²) in [5, 5.41) is 22.2. The van der Waals surface area contributed by atoms with Crippen LogP contribution in [0.1, 0.15) is 72.2 Å².